The van der Waals surface area contributed by atoms with Crippen LogP contribution < -0.4 is 4.72 Å². The number of nitrogens with zero attached hydrogens (tertiary/aromatic N) is 1. The lowest BCUT2D eigenvalue weighted by Gasteiger charge is -2.03. The molecule has 0 radical (unpaired) electrons. The van der Waals surface area contributed by atoms with Gasteiger partial charge >= 0.3 is 0 Å². The second-order valence-corrected chi connectivity index (χ2v) is 7.40. The first kappa shape index (κ1) is 12.1. The van der Waals surface area contributed by atoms with Gasteiger partial charge in [0.2, 0.25) is 10.0 Å². The lowest BCUT2D eigenvalue weighted by Crippen LogP contribution is -2.29. The van der Waals surface area contributed by atoms with E-state index in [9.17, 15) is 16.8 Å². The molecule has 7 nitrogen and oxygen atoms in total. The molecule has 1 heterocycles. The SMILES string of the molecule is CS(=O)(=O)CS(=O)(=O)NCc1cn[nH]c1. The molecule has 15 heavy (non-hydrogen) atoms. The number of rotatable bonds is 5. The fourth-order valence-electron chi connectivity index (χ4n) is 0.891. The molecule has 0 saturated heterocycles. The van der Waals surface area contributed by atoms with Gasteiger partial charge in [-0.3, -0.25) is 5.10 Å². The molecule has 0 saturated carbocycles. The maximum Gasteiger partial charge on any atom is 0.226 e. The molecule has 0 aliphatic rings. The van der Waals surface area contributed by atoms with Crippen molar-refractivity contribution in [2.75, 3.05) is 11.3 Å². The highest BCUT2D eigenvalue weighted by Crippen LogP contribution is 1.97. The summed E-state index contributed by atoms with van der Waals surface area (Å²) < 4.78 is 46.1. The Bertz CT molecular complexity index is 503. The minimum absolute atomic E-state index is 0.0222. The van der Waals surface area contributed by atoms with Crippen molar-refractivity contribution >= 4 is 19.9 Å². The predicted octanol–water partition coefficient (Wildman–Crippen LogP) is -1.17. The number of hydrogen-bond donors (Lipinski definition) is 2. The van der Waals surface area contributed by atoms with Crippen molar-refractivity contribution in [2.24, 2.45) is 0 Å². The minimum atomic E-state index is -3.79. The van der Waals surface area contributed by atoms with E-state index < -0.39 is 24.9 Å². The molecule has 0 fully saturated rings. The van der Waals surface area contributed by atoms with Crippen LogP contribution >= 0.6 is 0 Å². The van der Waals surface area contributed by atoms with Gasteiger partial charge in [-0.1, -0.05) is 0 Å². The second kappa shape index (κ2) is 4.29. The number of aromatic amines is 1. The molecule has 0 aliphatic heterocycles. The summed E-state index contributed by atoms with van der Waals surface area (Å²) >= 11 is 0. The zero-order valence-corrected chi connectivity index (χ0v) is 9.60. The zero-order chi connectivity index (χ0) is 11.5. The summed E-state index contributed by atoms with van der Waals surface area (Å²) in [7, 11) is -7.34. The van der Waals surface area contributed by atoms with E-state index in [1.807, 2.05) is 0 Å². The molecule has 0 aromatic carbocycles. The molecule has 1 rings (SSSR count). The van der Waals surface area contributed by atoms with Gasteiger partial charge in [-0.2, -0.15) is 5.10 Å². The molecule has 9 heteroatoms. The lowest BCUT2D eigenvalue weighted by molar-refractivity contribution is 0.580. The summed E-state index contributed by atoms with van der Waals surface area (Å²) in [5, 5.41) is 5.23. The van der Waals surface area contributed by atoms with Gasteiger partial charge in [0.25, 0.3) is 0 Å². The topological polar surface area (TPSA) is 109 Å². The Labute approximate surface area is 87.9 Å². The number of nitrogens with one attached hydrogen (secondary N) is 2. The van der Waals surface area contributed by atoms with E-state index in [2.05, 4.69) is 14.9 Å². The summed E-state index contributed by atoms with van der Waals surface area (Å²) in [6.07, 6.45) is 3.83. The fraction of sp³-hybridized carbons (Fsp3) is 0.500. The van der Waals surface area contributed by atoms with Crippen LogP contribution in [0, 0.1) is 0 Å². The molecule has 1 aromatic rings. The van der Waals surface area contributed by atoms with Gasteiger partial charge in [0.15, 0.2) is 14.9 Å². The largest absolute Gasteiger partial charge is 0.285 e. The number of H-pyrrole nitrogens is 1. The Morgan fingerprint density at radius 3 is 2.53 bits per heavy atom. The number of sulfonamides is 1. The van der Waals surface area contributed by atoms with E-state index in [0.29, 0.717) is 5.56 Å². The van der Waals surface area contributed by atoms with Crippen LogP contribution in [-0.4, -0.2) is 38.4 Å². The highest BCUT2D eigenvalue weighted by atomic mass is 32.3. The molecule has 0 atom stereocenters. The molecular formula is C6H11N3O4S2. The molecule has 2 N–H and O–H groups in total. The maximum absolute atomic E-state index is 11.2. The van der Waals surface area contributed by atoms with Crippen LogP contribution in [0.25, 0.3) is 0 Å². The molecule has 0 amide bonds. The number of hydrogen-bond acceptors (Lipinski definition) is 5. The average Bonchev–Trinajstić information content (AvgIpc) is 2.47. The Hall–Kier alpha value is -0.930. The quantitative estimate of drug-likeness (QED) is 0.687. The van der Waals surface area contributed by atoms with Gasteiger partial charge < -0.3 is 0 Å². The van der Waals surface area contributed by atoms with Crippen molar-refractivity contribution in [2.45, 2.75) is 6.54 Å². The normalized spacial score (nSPS) is 12.9. The first-order chi connectivity index (χ1) is 6.79. The molecular weight excluding hydrogens is 242 g/mol. The third-order valence-electron chi connectivity index (χ3n) is 1.42. The van der Waals surface area contributed by atoms with Gasteiger partial charge in [0.05, 0.1) is 6.20 Å². The molecule has 1 aromatic heterocycles. The van der Waals surface area contributed by atoms with E-state index in [1.165, 1.54) is 12.4 Å². The van der Waals surface area contributed by atoms with Gasteiger partial charge in [0.1, 0.15) is 0 Å². The standard InChI is InChI=1S/C6H11N3O4S2/c1-14(10,11)5-15(12,13)9-4-6-2-7-8-3-6/h2-3,9H,4-5H2,1H3,(H,7,8). The molecule has 0 spiro atoms. The van der Waals surface area contributed by atoms with E-state index >= 15 is 0 Å². The predicted molar refractivity (Wildman–Crippen MR) is 54.1 cm³/mol. The Morgan fingerprint density at radius 2 is 2.07 bits per heavy atom. The summed E-state index contributed by atoms with van der Waals surface area (Å²) in [6, 6.07) is 0. The van der Waals surface area contributed by atoms with Crippen LogP contribution in [0.4, 0.5) is 0 Å². The summed E-state index contributed by atoms with van der Waals surface area (Å²) in [6.45, 7) is 0.0222. The monoisotopic (exact) mass is 253 g/mol. The third kappa shape index (κ3) is 4.91. The van der Waals surface area contributed by atoms with Gasteiger partial charge in [-0.25, -0.2) is 21.6 Å². The molecule has 0 aliphatic carbocycles. The molecule has 86 valence electrons. The second-order valence-electron chi connectivity index (χ2n) is 3.09. The summed E-state index contributed by atoms with van der Waals surface area (Å²) in [5.41, 5.74) is 0.632. The lowest BCUT2D eigenvalue weighted by atomic mass is 10.4. The van der Waals surface area contributed by atoms with Gasteiger partial charge in [-0.05, 0) is 0 Å². The number of sulfone groups is 1. The average molecular weight is 253 g/mol. The van der Waals surface area contributed by atoms with Gasteiger partial charge in [-0.15, -0.1) is 0 Å². The third-order valence-corrected chi connectivity index (χ3v) is 4.96. The van der Waals surface area contributed by atoms with Crippen molar-refractivity contribution < 1.29 is 16.8 Å². The first-order valence-electron chi connectivity index (χ1n) is 3.91. The van der Waals surface area contributed by atoms with Crippen LogP contribution in [0.5, 0.6) is 0 Å². The highest BCUT2D eigenvalue weighted by molar-refractivity contribution is 8.06. The van der Waals surface area contributed by atoms with Gasteiger partial charge in [0, 0.05) is 24.6 Å². The van der Waals surface area contributed by atoms with Crippen molar-refractivity contribution in [3.8, 4) is 0 Å². The number of aromatic nitrogens is 2. The smallest absolute Gasteiger partial charge is 0.226 e. The van der Waals surface area contributed by atoms with E-state index in [-0.39, 0.29) is 6.54 Å². The summed E-state index contributed by atoms with van der Waals surface area (Å²) in [4.78, 5) is 0. The van der Waals surface area contributed by atoms with Crippen molar-refractivity contribution in [1.82, 2.24) is 14.9 Å². The van der Waals surface area contributed by atoms with E-state index in [0.717, 1.165) is 6.26 Å². The van der Waals surface area contributed by atoms with Crippen LogP contribution in [0.1, 0.15) is 5.56 Å². The zero-order valence-electron chi connectivity index (χ0n) is 7.97. The first-order valence-corrected chi connectivity index (χ1v) is 7.62. The minimum Gasteiger partial charge on any atom is -0.285 e. The Kier molecular flexibility index (Phi) is 3.47. The van der Waals surface area contributed by atoms with E-state index in [1.54, 1.807) is 0 Å². The maximum atomic E-state index is 11.2. The Balaban J connectivity index is 2.59. The van der Waals surface area contributed by atoms with Crippen LogP contribution in [-0.2, 0) is 26.4 Å². The fourth-order valence-corrected chi connectivity index (χ4v) is 3.87. The van der Waals surface area contributed by atoms with Crippen molar-refractivity contribution in [1.29, 1.82) is 0 Å². The highest BCUT2D eigenvalue weighted by Gasteiger charge is 2.17. The van der Waals surface area contributed by atoms with E-state index in [4.69, 9.17) is 0 Å². The summed E-state index contributed by atoms with van der Waals surface area (Å²) in [5.74, 6) is 0. The van der Waals surface area contributed by atoms with Crippen LogP contribution in [0.2, 0.25) is 0 Å². The van der Waals surface area contributed by atoms with Crippen molar-refractivity contribution in [3.05, 3.63) is 18.0 Å². The van der Waals surface area contributed by atoms with Crippen molar-refractivity contribution in [3.63, 3.8) is 0 Å². The molecule has 0 bridgehead atoms. The van der Waals surface area contributed by atoms with Crippen LogP contribution in [0.15, 0.2) is 12.4 Å². The van der Waals surface area contributed by atoms with Crippen LogP contribution in [0.3, 0.4) is 0 Å². The Morgan fingerprint density at radius 1 is 1.40 bits per heavy atom. The molecule has 0 unspecified atom stereocenters.